The van der Waals surface area contributed by atoms with Crippen LogP contribution in [0.15, 0.2) is 60.1 Å². The van der Waals surface area contributed by atoms with Crippen LogP contribution in [0.1, 0.15) is 16.1 Å². The van der Waals surface area contributed by atoms with Crippen LogP contribution in [0.5, 0.6) is 0 Å². The van der Waals surface area contributed by atoms with Gasteiger partial charge in [0.2, 0.25) is 0 Å². The van der Waals surface area contributed by atoms with E-state index in [1.54, 1.807) is 6.20 Å². The molecule has 3 aromatic rings. The second-order valence-corrected chi connectivity index (χ2v) is 7.54. The van der Waals surface area contributed by atoms with Gasteiger partial charge >= 0.3 is 6.03 Å². The number of urea groups is 1. The second-order valence-electron chi connectivity index (χ2n) is 6.54. The molecule has 0 saturated heterocycles. The Bertz CT molecular complexity index is 892. The van der Waals surface area contributed by atoms with Crippen molar-refractivity contribution in [2.75, 3.05) is 23.3 Å². The predicted molar refractivity (Wildman–Crippen MR) is 110 cm³/mol. The molecule has 3 heterocycles. The zero-order valence-electron chi connectivity index (χ0n) is 15.0. The topological polar surface area (TPSA) is 57.3 Å². The second kappa shape index (κ2) is 8.22. The highest BCUT2D eigenvalue weighted by Gasteiger charge is 2.17. The van der Waals surface area contributed by atoms with Crippen molar-refractivity contribution >= 4 is 28.7 Å². The molecule has 0 unspecified atom stereocenters. The molecule has 4 rings (SSSR count). The van der Waals surface area contributed by atoms with Gasteiger partial charge in [0.15, 0.2) is 0 Å². The number of anilines is 2. The van der Waals surface area contributed by atoms with E-state index in [2.05, 4.69) is 44.1 Å². The van der Waals surface area contributed by atoms with Crippen molar-refractivity contribution in [1.29, 1.82) is 0 Å². The molecule has 1 aliphatic heterocycles. The van der Waals surface area contributed by atoms with Crippen LogP contribution >= 0.6 is 11.3 Å². The Morgan fingerprint density at radius 2 is 2.04 bits per heavy atom. The van der Waals surface area contributed by atoms with Crippen LogP contribution in [-0.4, -0.2) is 24.1 Å². The minimum atomic E-state index is -0.195. The minimum Gasteiger partial charge on any atom is -0.367 e. The number of carbonyl (C=O) groups excluding carboxylic acids is 1. The van der Waals surface area contributed by atoms with E-state index in [-0.39, 0.29) is 6.03 Å². The van der Waals surface area contributed by atoms with Crippen molar-refractivity contribution in [1.82, 2.24) is 10.3 Å². The summed E-state index contributed by atoms with van der Waals surface area (Å²) in [5.74, 6) is 0. The highest BCUT2D eigenvalue weighted by Crippen LogP contribution is 2.28. The first-order chi connectivity index (χ1) is 13.3. The SMILES string of the molecule is O=C(NCCc1ccccn1)Nc1ccc(N2CCc3sccc3C2)cc1. The van der Waals surface area contributed by atoms with Gasteiger partial charge in [0.1, 0.15) is 0 Å². The molecule has 0 aliphatic carbocycles. The van der Waals surface area contributed by atoms with E-state index in [9.17, 15) is 4.79 Å². The summed E-state index contributed by atoms with van der Waals surface area (Å²) >= 11 is 1.85. The zero-order valence-corrected chi connectivity index (χ0v) is 15.8. The fourth-order valence-corrected chi connectivity index (χ4v) is 4.14. The molecular weight excluding hydrogens is 356 g/mol. The highest BCUT2D eigenvalue weighted by atomic mass is 32.1. The van der Waals surface area contributed by atoms with E-state index in [1.807, 2.05) is 41.7 Å². The first-order valence-electron chi connectivity index (χ1n) is 9.13. The molecule has 2 aromatic heterocycles. The lowest BCUT2D eigenvalue weighted by Crippen LogP contribution is -2.31. The Morgan fingerprint density at radius 3 is 2.85 bits per heavy atom. The summed E-state index contributed by atoms with van der Waals surface area (Å²) in [5, 5.41) is 7.92. The number of aromatic nitrogens is 1. The smallest absolute Gasteiger partial charge is 0.319 e. The zero-order chi connectivity index (χ0) is 18.5. The van der Waals surface area contributed by atoms with Gasteiger partial charge in [-0.2, -0.15) is 0 Å². The van der Waals surface area contributed by atoms with Gasteiger partial charge in [0, 0.05) is 54.2 Å². The maximum absolute atomic E-state index is 12.0. The average molecular weight is 379 g/mol. The molecule has 27 heavy (non-hydrogen) atoms. The van der Waals surface area contributed by atoms with E-state index in [4.69, 9.17) is 0 Å². The predicted octanol–water partition coefficient (Wildman–Crippen LogP) is 4.07. The Kier molecular flexibility index (Phi) is 5.34. The fourth-order valence-electron chi connectivity index (χ4n) is 3.25. The molecule has 5 nitrogen and oxygen atoms in total. The van der Waals surface area contributed by atoms with Gasteiger partial charge in [-0.15, -0.1) is 11.3 Å². The van der Waals surface area contributed by atoms with E-state index >= 15 is 0 Å². The lowest BCUT2D eigenvalue weighted by Gasteiger charge is -2.29. The summed E-state index contributed by atoms with van der Waals surface area (Å²) < 4.78 is 0. The Balaban J connectivity index is 1.27. The molecule has 0 atom stereocenters. The highest BCUT2D eigenvalue weighted by molar-refractivity contribution is 7.10. The van der Waals surface area contributed by atoms with Crippen molar-refractivity contribution in [3.05, 3.63) is 76.2 Å². The molecule has 0 radical (unpaired) electrons. The number of nitrogens with one attached hydrogen (secondary N) is 2. The lowest BCUT2D eigenvalue weighted by atomic mass is 10.1. The summed E-state index contributed by atoms with van der Waals surface area (Å²) in [6.45, 7) is 2.55. The van der Waals surface area contributed by atoms with Crippen LogP contribution in [0.3, 0.4) is 0 Å². The summed E-state index contributed by atoms with van der Waals surface area (Å²) in [4.78, 5) is 20.2. The third-order valence-electron chi connectivity index (χ3n) is 4.69. The Labute approximate surface area is 163 Å². The number of fused-ring (bicyclic) bond motifs is 1. The molecule has 0 saturated carbocycles. The largest absolute Gasteiger partial charge is 0.367 e. The summed E-state index contributed by atoms with van der Waals surface area (Å²) in [7, 11) is 0. The van der Waals surface area contributed by atoms with Crippen LogP contribution < -0.4 is 15.5 Å². The molecule has 2 amide bonds. The molecule has 2 N–H and O–H groups in total. The lowest BCUT2D eigenvalue weighted by molar-refractivity contribution is 0.252. The molecule has 1 aliphatic rings. The number of nitrogens with zero attached hydrogens (tertiary/aromatic N) is 2. The molecule has 1 aromatic carbocycles. The number of hydrogen-bond donors (Lipinski definition) is 2. The van der Waals surface area contributed by atoms with Crippen molar-refractivity contribution in [2.45, 2.75) is 19.4 Å². The standard InChI is InChI=1S/C21H22N4OS/c26-21(23-12-8-17-3-1-2-11-22-17)24-18-4-6-19(7-5-18)25-13-9-20-16(15-25)10-14-27-20/h1-7,10-11,14H,8-9,12-13,15H2,(H2,23,24,26). The van der Waals surface area contributed by atoms with Crippen LogP contribution in [0.2, 0.25) is 0 Å². The summed E-state index contributed by atoms with van der Waals surface area (Å²) in [6, 6.07) is 15.9. The minimum absolute atomic E-state index is 0.195. The quantitative estimate of drug-likeness (QED) is 0.704. The number of pyridine rings is 1. The van der Waals surface area contributed by atoms with E-state index < -0.39 is 0 Å². The van der Waals surface area contributed by atoms with Crippen molar-refractivity contribution in [2.24, 2.45) is 0 Å². The van der Waals surface area contributed by atoms with Crippen LogP contribution in [0.4, 0.5) is 16.2 Å². The molecule has 6 heteroatoms. The van der Waals surface area contributed by atoms with Gasteiger partial charge in [0.05, 0.1) is 0 Å². The average Bonchev–Trinajstić information content (AvgIpc) is 3.17. The monoisotopic (exact) mass is 378 g/mol. The fraction of sp³-hybridized carbons (Fsp3) is 0.238. The number of amides is 2. The molecule has 0 bridgehead atoms. The first-order valence-corrected chi connectivity index (χ1v) is 10.0. The number of carbonyl (C=O) groups is 1. The van der Waals surface area contributed by atoms with Gasteiger partial charge in [-0.05, 0) is 59.8 Å². The van der Waals surface area contributed by atoms with Gasteiger partial charge in [-0.1, -0.05) is 6.07 Å². The third-order valence-corrected chi connectivity index (χ3v) is 5.71. The van der Waals surface area contributed by atoms with Crippen molar-refractivity contribution < 1.29 is 4.79 Å². The Morgan fingerprint density at radius 1 is 1.15 bits per heavy atom. The number of thiophene rings is 1. The van der Waals surface area contributed by atoms with Gasteiger partial charge in [0.25, 0.3) is 0 Å². The maximum Gasteiger partial charge on any atom is 0.319 e. The maximum atomic E-state index is 12.0. The number of benzene rings is 1. The van der Waals surface area contributed by atoms with Crippen molar-refractivity contribution in [3.63, 3.8) is 0 Å². The van der Waals surface area contributed by atoms with E-state index in [0.717, 1.165) is 30.9 Å². The Hall–Kier alpha value is -2.86. The van der Waals surface area contributed by atoms with Crippen LogP contribution in [0, 0.1) is 0 Å². The third kappa shape index (κ3) is 4.46. The van der Waals surface area contributed by atoms with Crippen molar-refractivity contribution in [3.8, 4) is 0 Å². The van der Waals surface area contributed by atoms with Gasteiger partial charge in [-0.25, -0.2) is 4.79 Å². The van der Waals surface area contributed by atoms with E-state index in [1.165, 1.54) is 16.1 Å². The number of hydrogen-bond acceptors (Lipinski definition) is 4. The molecule has 0 spiro atoms. The summed E-state index contributed by atoms with van der Waals surface area (Å²) in [5.41, 5.74) is 4.38. The van der Waals surface area contributed by atoms with Crippen LogP contribution in [0.25, 0.3) is 0 Å². The van der Waals surface area contributed by atoms with Crippen LogP contribution in [-0.2, 0) is 19.4 Å². The normalized spacial score (nSPS) is 13.1. The van der Waals surface area contributed by atoms with E-state index in [0.29, 0.717) is 13.0 Å². The number of rotatable bonds is 5. The molecule has 0 fully saturated rings. The van der Waals surface area contributed by atoms with Gasteiger partial charge in [-0.3, -0.25) is 4.98 Å². The first kappa shape index (κ1) is 17.5. The summed E-state index contributed by atoms with van der Waals surface area (Å²) in [6.07, 6.45) is 3.58. The molecule has 138 valence electrons. The molecular formula is C21H22N4OS. The van der Waals surface area contributed by atoms with Gasteiger partial charge < -0.3 is 15.5 Å².